The highest BCUT2D eigenvalue weighted by molar-refractivity contribution is 5.17. The zero-order valence-electron chi connectivity index (χ0n) is 7.64. The molecule has 0 spiro atoms. The van der Waals surface area contributed by atoms with Gasteiger partial charge in [-0.3, -0.25) is 20.8 Å². The van der Waals surface area contributed by atoms with Crippen LogP contribution in [0.4, 0.5) is 0 Å². The Balaban J connectivity index is 4.30. The molecule has 0 heterocycles. The third-order valence-corrected chi connectivity index (χ3v) is 1.33. The topological polar surface area (TPSA) is 75.4 Å². The van der Waals surface area contributed by atoms with Gasteiger partial charge in [0.1, 0.15) is 0 Å². The zero-order valence-corrected chi connectivity index (χ0v) is 7.64. The van der Waals surface area contributed by atoms with Gasteiger partial charge in [-0.05, 0) is 12.7 Å². The van der Waals surface area contributed by atoms with Gasteiger partial charge in [0.15, 0.2) is 0 Å². The van der Waals surface area contributed by atoms with E-state index in [1.807, 2.05) is 5.48 Å². The minimum atomic E-state index is -0.593. The maximum absolute atomic E-state index is 10.1. The SMILES string of the molecule is C=CC/C(=C\C=C/C(=C)[N+](=O)[O-])NO. The van der Waals surface area contributed by atoms with E-state index in [-0.39, 0.29) is 5.70 Å². The van der Waals surface area contributed by atoms with Gasteiger partial charge in [0.05, 0.1) is 4.92 Å². The molecule has 0 aromatic heterocycles. The number of rotatable bonds is 6. The molecule has 14 heavy (non-hydrogen) atoms. The monoisotopic (exact) mass is 196 g/mol. The van der Waals surface area contributed by atoms with Gasteiger partial charge in [-0.1, -0.05) is 12.2 Å². The first kappa shape index (κ1) is 12.1. The zero-order chi connectivity index (χ0) is 11.0. The highest BCUT2D eigenvalue weighted by Gasteiger charge is 1.98. The average Bonchev–Trinajstić information content (AvgIpc) is 2.16. The van der Waals surface area contributed by atoms with Gasteiger partial charge in [-0.2, -0.15) is 0 Å². The van der Waals surface area contributed by atoms with Crippen LogP contribution in [0, 0.1) is 10.1 Å². The molecular formula is C9H12N2O3. The highest BCUT2D eigenvalue weighted by atomic mass is 16.6. The smallest absolute Gasteiger partial charge is 0.262 e. The third kappa shape index (κ3) is 4.89. The summed E-state index contributed by atoms with van der Waals surface area (Å²) >= 11 is 0. The van der Waals surface area contributed by atoms with Crippen molar-refractivity contribution in [1.29, 1.82) is 0 Å². The first-order chi connectivity index (χ1) is 6.61. The van der Waals surface area contributed by atoms with Crippen LogP contribution in [0.3, 0.4) is 0 Å². The molecule has 0 unspecified atom stereocenters. The first-order valence-electron chi connectivity index (χ1n) is 3.83. The standard InChI is InChI=1S/C9H12N2O3/c1-3-5-9(10-12)7-4-6-8(2)11(13)14/h3-4,6-7,10,12H,1-2,5H2/b6-4-,9-7+. The summed E-state index contributed by atoms with van der Waals surface area (Å²) in [6.45, 7) is 6.68. The Morgan fingerprint density at radius 3 is 2.71 bits per heavy atom. The first-order valence-corrected chi connectivity index (χ1v) is 3.83. The second kappa shape index (κ2) is 6.62. The fourth-order valence-electron chi connectivity index (χ4n) is 0.643. The van der Waals surface area contributed by atoms with Crippen molar-refractivity contribution in [3.05, 3.63) is 59.0 Å². The van der Waals surface area contributed by atoms with E-state index in [1.54, 1.807) is 6.08 Å². The number of allylic oxidation sites excluding steroid dienone is 4. The van der Waals surface area contributed by atoms with Crippen LogP contribution in [-0.4, -0.2) is 10.1 Å². The van der Waals surface area contributed by atoms with Crippen molar-refractivity contribution in [2.24, 2.45) is 0 Å². The summed E-state index contributed by atoms with van der Waals surface area (Å²) in [5.74, 6) is 0. The molecule has 0 aromatic carbocycles. The minimum Gasteiger partial charge on any atom is -0.291 e. The number of nitro groups is 1. The van der Waals surface area contributed by atoms with Gasteiger partial charge < -0.3 is 0 Å². The number of hydrogen-bond acceptors (Lipinski definition) is 4. The predicted octanol–water partition coefficient (Wildman–Crippen LogP) is 1.77. The second-order valence-electron chi connectivity index (χ2n) is 2.40. The maximum Gasteiger partial charge on any atom is 0.262 e. The molecule has 5 heteroatoms. The molecule has 0 fully saturated rings. The lowest BCUT2D eigenvalue weighted by Crippen LogP contribution is -2.05. The van der Waals surface area contributed by atoms with Crippen LogP contribution >= 0.6 is 0 Å². The summed E-state index contributed by atoms with van der Waals surface area (Å²) in [5.41, 5.74) is 2.23. The van der Waals surface area contributed by atoms with Crippen molar-refractivity contribution >= 4 is 0 Å². The molecule has 0 aliphatic rings. The fraction of sp³-hybridized carbons (Fsp3) is 0.111. The third-order valence-electron chi connectivity index (χ3n) is 1.33. The quantitative estimate of drug-likeness (QED) is 0.294. The average molecular weight is 196 g/mol. The summed E-state index contributed by atoms with van der Waals surface area (Å²) in [4.78, 5) is 9.53. The van der Waals surface area contributed by atoms with Crippen molar-refractivity contribution in [1.82, 2.24) is 5.48 Å². The molecule has 0 radical (unpaired) electrons. The summed E-state index contributed by atoms with van der Waals surface area (Å²) in [6.07, 6.45) is 6.20. The van der Waals surface area contributed by atoms with Crippen LogP contribution in [0.1, 0.15) is 6.42 Å². The van der Waals surface area contributed by atoms with Crippen molar-refractivity contribution in [3.8, 4) is 0 Å². The van der Waals surface area contributed by atoms with E-state index in [2.05, 4.69) is 13.2 Å². The van der Waals surface area contributed by atoms with Crippen molar-refractivity contribution in [2.75, 3.05) is 0 Å². The summed E-state index contributed by atoms with van der Waals surface area (Å²) in [5, 5.41) is 18.7. The lowest BCUT2D eigenvalue weighted by Gasteiger charge is -1.98. The van der Waals surface area contributed by atoms with E-state index < -0.39 is 4.92 Å². The Bertz CT molecular complexity index is 292. The Morgan fingerprint density at radius 2 is 2.29 bits per heavy atom. The van der Waals surface area contributed by atoms with E-state index in [9.17, 15) is 10.1 Å². The molecule has 0 aliphatic carbocycles. The molecule has 0 amide bonds. The van der Waals surface area contributed by atoms with Crippen LogP contribution in [0.5, 0.6) is 0 Å². The molecular weight excluding hydrogens is 184 g/mol. The van der Waals surface area contributed by atoms with Crippen LogP contribution in [0.15, 0.2) is 48.9 Å². The molecule has 0 saturated carbocycles. The highest BCUT2D eigenvalue weighted by Crippen LogP contribution is 1.99. The van der Waals surface area contributed by atoms with E-state index in [0.717, 1.165) is 0 Å². The molecule has 0 aliphatic heterocycles. The normalized spacial score (nSPS) is 11.4. The molecule has 2 N–H and O–H groups in total. The Hall–Kier alpha value is -1.88. The van der Waals surface area contributed by atoms with Gasteiger partial charge in [0.25, 0.3) is 5.70 Å². The van der Waals surface area contributed by atoms with Crippen molar-refractivity contribution < 1.29 is 10.1 Å². The number of nitrogens with one attached hydrogen (secondary N) is 1. The molecule has 0 atom stereocenters. The molecule has 0 bridgehead atoms. The van der Waals surface area contributed by atoms with E-state index in [1.165, 1.54) is 18.2 Å². The Labute approximate surface area is 81.9 Å². The van der Waals surface area contributed by atoms with Gasteiger partial charge in [-0.15, -0.1) is 6.58 Å². The Morgan fingerprint density at radius 1 is 1.64 bits per heavy atom. The number of hydroxylamine groups is 1. The number of nitrogens with zero attached hydrogens (tertiary/aromatic N) is 1. The van der Waals surface area contributed by atoms with E-state index in [0.29, 0.717) is 12.1 Å². The van der Waals surface area contributed by atoms with Gasteiger partial charge in [0, 0.05) is 18.2 Å². The van der Waals surface area contributed by atoms with Crippen LogP contribution in [-0.2, 0) is 0 Å². The van der Waals surface area contributed by atoms with Gasteiger partial charge >= 0.3 is 0 Å². The largest absolute Gasteiger partial charge is 0.291 e. The van der Waals surface area contributed by atoms with Crippen molar-refractivity contribution in [2.45, 2.75) is 6.42 Å². The van der Waals surface area contributed by atoms with Crippen molar-refractivity contribution in [3.63, 3.8) is 0 Å². The predicted molar refractivity (Wildman–Crippen MR) is 53.1 cm³/mol. The summed E-state index contributed by atoms with van der Waals surface area (Å²) < 4.78 is 0. The number of hydrogen-bond donors (Lipinski definition) is 2. The fourth-order valence-corrected chi connectivity index (χ4v) is 0.643. The summed E-state index contributed by atoms with van der Waals surface area (Å²) in [6, 6.07) is 0. The maximum atomic E-state index is 10.1. The lowest BCUT2D eigenvalue weighted by atomic mass is 10.3. The van der Waals surface area contributed by atoms with E-state index >= 15 is 0 Å². The van der Waals surface area contributed by atoms with Gasteiger partial charge in [0.2, 0.25) is 0 Å². The van der Waals surface area contributed by atoms with Crippen LogP contribution in [0.2, 0.25) is 0 Å². The molecule has 0 saturated heterocycles. The molecule has 76 valence electrons. The second-order valence-corrected chi connectivity index (χ2v) is 2.40. The molecule has 0 rings (SSSR count). The van der Waals surface area contributed by atoms with Gasteiger partial charge in [-0.25, -0.2) is 0 Å². The molecule has 5 nitrogen and oxygen atoms in total. The lowest BCUT2D eigenvalue weighted by molar-refractivity contribution is -0.418. The summed E-state index contributed by atoms with van der Waals surface area (Å²) in [7, 11) is 0. The van der Waals surface area contributed by atoms with Crippen LogP contribution in [0.25, 0.3) is 0 Å². The minimum absolute atomic E-state index is 0.211. The van der Waals surface area contributed by atoms with Crippen LogP contribution < -0.4 is 5.48 Å². The molecule has 0 aromatic rings. The Kier molecular flexibility index (Phi) is 5.73. The van der Waals surface area contributed by atoms with E-state index in [4.69, 9.17) is 5.21 Å².